The van der Waals surface area contributed by atoms with E-state index in [1.165, 1.54) is 50.6 Å². The van der Waals surface area contributed by atoms with Crippen LogP contribution >= 0.6 is 0 Å². The second kappa shape index (κ2) is 9.42. The Balaban J connectivity index is 2.02. The van der Waals surface area contributed by atoms with Crippen molar-refractivity contribution >= 4 is 27.5 Å². The van der Waals surface area contributed by atoms with E-state index in [4.69, 9.17) is 14.2 Å². The molecule has 29 heavy (non-hydrogen) atoms. The van der Waals surface area contributed by atoms with Crippen molar-refractivity contribution in [2.24, 2.45) is 0 Å². The highest BCUT2D eigenvalue weighted by atomic mass is 32.2. The molecule has 0 saturated carbocycles. The topological polar surface area (TPSA) is 99.2 Å². The smallest absolute Gasteiger partial charge is 0.338 e. The zero-order valence-electron chi connectivity index (χ0n) is 16.7. The van der Waals surface area contributed by atoms with E-state index in [9.17, 15) is 18.0 Å². The summed E-state index contributed by atoms with van der Waals surface area (Å²) in [5.41, 5.74) is 0.943. The van der Waals surface area contributed by atoms with Gasteiger partial charge in [0.25, 0.3) is 0 Å². The minimum absolute atomic E-state index is 0.225. The van der Waals surface area contributed by atoms with E-state index in [0.717, 1.165) is 10.6 Å². The van der Waals surface area contributed by atoms with Crippen LogP contribution in [-0.2, 0) is 14.8 Å². The van der Waals surface area contributed by atoms with E-state index in [2.05, 4.69) is 0 Å². The first-order valence-electron chi connectivity index (χ1n) is 8.72. The van der Waals surface area contributed by atoms with E-state index in [1.807, 2.05) is 6.92 Å². The van der Waals surface area contributed by atoms with E-state index >= 15 is 0 Å². The number of ketones is 1. The summed E-state index contributed by atoms with van der Waals surface area (Å²) < 4.78 is 39.9. The lowest BCUT2D eigenvalue weighted by molar-refractivity contribution is 0.0474. The van der Waals surface area contributed by atoms with Crippen LogP contribution in [0, 0.1) is 0 Å². The minimum Gasteiger partial charge on any atom is -0.493 e. The summed E-state index contributed by atoms with van der Waals surface area (Å²) in [5.74, 6) is -0.196. The number of carbonyl (C=O) groups is 2. The molecule has 0 saturated heterocycles. The second-order valence-corrected chi connectivity index (χ2v) is 8.09. The number of esters is 1. The average Bonchev–Trinajstić information content (AvgIpc) is 2.71. The van der Waals surface area contributed by atoms with Gasteiger partial charge in [-0.3, -0.25) is 9.10 Å². The third-order valence-electron chi connectivity index (χ3n) is 4.08. The molecular weight excluding hydrogens is 398 g/mol. The molecule has 0 radical (unpaired) electrons. The molecule has 0 bridgehead atoms. The average molecular weight is 421 g/mol. The highest BCUT2D eigenvalue weighted by molar-refractivity contribution is 7.92. The monoisotopic (exact) mass is 421 g/mol. The Hall–Kier alpha value is -3.07. The van der Waals surface area contributed by atoms with Crippen LogP contribution in [0.2, 0.25) is 0 Å². The van der Waals surface area contributed by atoms with E-state index in [0.29, 0.717) is 29.4 Å². The van der Waals surface area contributed by atoms with Crippen LogP contribution in [0.5, 0.6) is 11.5 Å². The van der Waals surface area contributed by atoms with Gasteiger partial charge in [0.2, 0.25) is 10.0 Å². The van der Waals surface area contributed by atoms with Crippen molar-refractivity contribution in [3.8, 4) is 11.5 Å². The molecule has 0 fully saturated rings. The van der Waals surface area contributed by atoms with Gasteiger partial charge in [-0.15, -0.1) is 0 Å². The van der Waals surface area contributed by atoms with Crippen LogP contribution in [-0.4, -0.2) is 53.8 Å². The van der Waals surface area contributed by atoms with Crippen molar-refractivity contribution in [2.75, 3.05) is 37.9 Å². The summed E-state index contributed by atoms with van der Waals surface area (Å²) >= 11 is 0. The quantitative estimate of drug-likeness (QED) is 0.453. The molecule has 0 heterocycles. The van der Waals surface area contributed by atoms with Crippen molar-refractivity contribution in [1.29, 1.82) is 0 Å². The lowest BCUT2D eigenvalue weighted by Gasteiger charge is -2.16. The Bertz CT molecular complexity index is 984. The molecule has 2 aromatic carbocycles. The van der Waals surface area contributed by atoms with E-state index < -0.39 is 28.4 Å². The zero-order valence-corrected chi connectivity index (χ0v) is 17.5. The highest BCUT2D eigenvalue weighted by Crippen LogP contribution is 2.28. The minimum atomic E-state index is -3.39. The van der Waals surface area contributed by atoms with Gasteiger partial charge < -0.3 is 14.2 Å². The third-order valence-corrected chi connectivity index (χ3v) is 5.29. The van der Waals surface area contributed by atoms with Crippen LogP contribution < -0.4 is 13.8 Å². The molecule has 156 valence electrons. The molecule has 0 unspecified atom stereocenters. The molecule has 8 nitrogen and oxygen atoms in total. The molecule has 9 heteroatoms. The molecule has 2 aromatic rings. The van der Waals surface area contributed by atoms with Gasteiger partial charge in [-0.05, 0) is 49.4 Å². The maximum atomic E-state index is 12.3. The predicted octanol–water partition coefficient (Wildman–Crippen LogP) is 2.53. The number of hydrogen-bond donors (Lipinski definition) is 0. The summed E-state index contributed by atoms with van der Waals surface area (Å²) in [6.45, 7) is 1.84. The number of sulfonamides is 1. The first-order chi connectivity index (χ1) is 13.7. The van der Waals surface area contributed by atoms with Crippen molar-refractivity contribution in [1.82, 2.24) is 0 Å². The third kappa shape index (κ3) is 5.71. The van der Waals surface area contributed by atoms with Crippen molar-refractivity contribution in [3.05, 3.63) is 53.6 Å². The molecule has 2 rings (SSSR count). The van der Waals surface area contributed by atoms with E-state index in [1.54, 1.807) is 6.07 Å². The number of nitrogens with zero attached hydrogens (tertiary/aromatic N) is 1. The fraction of sp³-hybridized carbons (Fsp3) is 0.300. The molecular formula is C20H23NO7S. The van der Waals surface area contributed by atoms with Gasteiger partial charge in [0.15, 0.2) is 23.9 Å². The first kappa shape index (κ1) is 22.2. The summed E-state index contributed by atoms with van der Waals surface area (Å²) in [5, 5.41) is 0. The maximum Gasteiger partial charge on any atom is 0.338 e. The summed E-state index contributed by atoms with van der Waals surface area (Å²) in [6.07, 6.45) is 1.08. The van der Waals surface area contributed by atoms with Crippen molar-refractivity contribution in [2.45, 2.75) is 6.92 Å². The summed E-state index contributed by atoms with van der Waals surface area (Å²) in [6, 6.07) is 10.6. The highest BCUT2D eigenvalue weighted by Gasteiger charge is 2.16. The molecule has 0 amide bonds. The lowest BCUT2D eigenvalue weighted by Crippen LogP contribution is -2.24. The number of ether oxygens (including phenoxy) is 3. The molecule has 0 spiro atoms. The molecule has 0 aliphatic rings. The van der Waals surface area contributed by atoms with Crippen LogP contribution in [0.25, 0.3) is 0 Å². The van der Waals surface area contributed by atoms with Crippen LogP contribution in [0.3, 0.4) is 0 Å². The standard InChI is InChI=1S/C20H23NO7S/c1-5-27-18-11-8-15(12-19(18)26-3)20(23)28-13-17(22)14-6-9-16(10-7-14)21(2)29(4,24)25/h6-12H,5,13H2,1-4H3. The second-order valence-electron chi connectivity index (χ2n) is 6.08. The van der Waals surface area contributed by atoms with Gasteiger partial charge >= 0.3 is 5.97 Å². The largest absolute Gasteiger partial charge is 0.493 e. The van der Waals surface area contributed by atoms with Crippen LogP contribution in [0.4, 0.5) is 5.69 Å². The Morgan fingerprint density at radius 1 is 1.00 bits per heavy atom. The maximum absolute atomic E-state index is 12.3. The number of Topliss-reactive ketones (excluding diaryl/α,β-unsaturated/α-hetero) is 1. The molecule has 0 aromatic heterocycles. The molecule has 0 aliphatic heterocycles. The Morgan fingerprint density at radius 2 is 1.62 bits per heavy atom. The SMILES string of the molecule is CCOc1ccc(C(=O)OCC(=O)c2ccc(N(C)S(C)(=O)=O)cc2)cc1OC. The number of benzene rings is 2. The van der Waals surface area contributed by atoms with E-state index in [-0.39, 0.29) is 5.56 Å². The molecule has 0 atom stereocenters. The normalized spacial score (nSPS) is 10.9. The Labute approximate surface area is 170 Å². The van der Waals surface area contributed by atoms with Crippen molar-refractivity contribution in [3.63, 3.8) is 0 Å². The number of carbonyl (C=O) groups excluding carboxylic acids is 2. The molecule has 0 aliphatic carbocycles. The van der Waals surface area contributed by atoms with Gasteiger partial charge in [0, 0.05) is 12.6 Å². The van der Waals surface area contributed by atoms with Crippen LogP contribution in [0.1, 0.15) is 27.6 Å². The number of methoxy groups -OCH3 is 1. The first-order valence-corrected chi connectivity index (χ1v) is 10.6. The lowest BCUT2D eigenvalue weighted by atomic mass is 10.1. The summed E-state index contributed by atoms with van der Waals surface area (Å²) in [7, 11) is -0.518. The van der Waals surface area contributed by atoms with Crippen LogP contribution in [0.15, 0.2) is 42.5 Å². The number of anilines is 1. The number of rotatable bonds is 9. The fourth-order valence-electron chi connectivity index (χ4n) is 2.42. The van der Waals surface area contributed by atoms with Gasteiger partial charge in [-0.2, -0.15) is 0 Å². The fourth-order valence-corrected chi connectivity index (χ4v) is 2.92. The predicted molar refractivity (Wildman–Crippen MR) is 108 cm³/mol. The van der Waals surface area contributed by atoms with Gasteiger partial charge in [-0.1, -0.05) is 0 Å². The van der Waals surface area contributed by atoms with Crippen molar-refractivity contribution < 1.29 is 32.2 Å². The van der Waals surface area contributed by atoms with Gasteiger partial charge in [0.05, 0.1) is 31.2 Å². The Kier molecular flexibility index (Phi) is 7.22. The number of hydrogen-bond acceptors (Lipinski definition) is 7. The van der Waals surface area contributed by atoms with Gasteiger partial charge in [-0.25, -0.2) is 13.2 Å². The van der Waals surface area contributed by atoms with Gasteiger partial charge in [0.1, 0.15) is 0 Å². The summed E-state index contributed by atoms with van der Waals surface area (Å²) in [4.78, 5) is 24.5. The Morgan fingerprint density at radius 3 is 2.17 bits per heavy atom. The molecule has 0 N–H and O–H groups in total. The zero-order chi connectivity index (χ0) is 21.6.